The largest absolute Gasteiger partial charge is 0.473 e. The van der Waals surface area contributed by atoms with E-state index in [1.807, 2.05) is 0 Å². The maximum Gasteiger partial charge on any atom is 0.243 e. The van der Waals surface area contributed by atoms with Gasteiger partial charge in [0.1, 0.15) is 11.6 Å². The predicted molar refractivity (Wildman–Crippen MR) is 67.0 cm³/mol. The number of hydrogen-bond acceptors (Lipinski definition) is 5. The molecule has 17 heavy (non-hydrogen) atoms. The van der Waals surface area contributed by atoms with Crippen molar-refractivity contribution in [3.63, 3.8) is 0 Å². The van der Waals surface area contributed by atoms with Gasteiger partial charge in [-0.3, -0.25) is 0 Å². The van der Waals surface area contributed by atoms with Crippen LogP contribution in [0.5, 0.6) is 5.88 Å². The van der Waals surface area contributed by atoms with Crippen molar-refractivity contribution in [2.75, 3.05) is 13.2 Å². The fourth-order valence-electron chi connectivity index (χ4n) is 1.72. The first kappa shape index (κ1) is 12.2. The number of rotatable bonds is 4. The number of nitrogens with zero attached hydrogens (tertiary/aromatic N) is 2. The number of aromatic nitrogens is 2. The van der Waals surface area contributed by atoms with Crippen LogP contribution < -0.4 is 10.5 Å². The zero-order valence-corrected chi connectivity index (χ0v) is 10.3. The highest BCUT2D eigenvalue weighted by Gasteiger charge is 2.16. The molecule has 6 heteroatoms. The minimum Gasteiger partial charge on any atom is -0.473 e. The van der Waals surface area contributed by atoms with Gasteiger partial charge >= 0.3 is 0 Å². The molecule has 2 N–H and O–H groups in total. The lowest BCUT2D eigenvalue weighted by atomic mass is 10.1. The first-order chi connectivity index (χ1) is 8.27. The molecule has 0 bridgehead atoms. The van der Waals surface area contributed by atoms with Crippen LogP contribution in [0.25, 0.3) is 0 Å². The van der Waals surface area contributed by atoms with Crippen LogP contribution in [-0.2, 0) is 4.74 Å². The highest BCUT2D eigenvalue weighted by molar-refractivity contribution is 7.80. The summed E-state index contributed by atoms with van der Waals surface area (Å²) in [6.07, 6.45) is 4.99. The van der Waals surface area contributed by atoms with Crippen molar-refractivity contribution in [2.24, 2.45) is 5.73 Å². The molecule has 0 aliphatic carbocycles. The third-order valence-corrected chi connectivity index (χ3v) is 2.85. The van der Waals surface area contributed by atoms with Crippen LogP contribution in [0.1, 0.15) is 24.8 Å². The average Bonchev–Trinajstić information content (AvgIpc) is 2.38. The molecule has 1 aromatic rings. The van der Waals surface area contributed by atoms with Crippen LogP contribution in [0.2, 0.25) is 0 Å². The number of thiocarbonyl (C=S) groups is 1. The van der Waals surface area contributed by atoms with E-state index in [-0.39, 0.29) is 11.1 Å². The first-order valence-electron chi connectivity index (χ1n) is 5.63. The van der Waals surface area contributed by atoms with Crippen molar-refractivity contribution in [3.8, 4) is 5.88 Å². The van der Waals surface area contributed by atoms with Gasteiger partial charge in [0, 0.05) is 6.61 Å². The van der Waals surface area contributed by atoms with Gasteiger partial charge in [-0.1, -0.05) is 12.2 Å². The highest BCUT2D eigenvalue weighted by Crippen LogP contribution is 2.17. The average molecular weight is 253 g/mol. The second-order valence-electron chi connectivity index (χ2n) is 3.91. The van der Waals surface area contributed by atoms with E-state index in [2.05, 4.69) is 10.2 Å². The molecule has 2 heterocycles. The number of hydrogen-bond donors (Lipinski definition) is 1. The molecule has 0 radical (unpaired) electrons. The zero-order valence-electron chi connectivity index (χ0n) is 9.46. The Kier molecular flexibility index (Phi) is 4.22. The quantitative estimate of drug-likeness (QED) is 0.809. The van der Waals surface area contributed by atoms with Gasteiger partial charge in [-0.25, -0.2) is 0 Å². The summed E-state index contributed by atoms with van der Waals surface area (Å²) >= 11 is 4.92. The van der Waals surface area contributed by atoms with Crippen LogP contribution in [0.3, 0.4) is 0 Å². The van der Waals surface area contributed by atoms with E-state index in [0.29, 0.717) is 18.1 Å². The fourth-order valence-corrected chi connectivity index (χ4v) is 1.88. The maximum absolute atomic E-state index is 5.58. The molecule has 0 aromatic carbocycles. The monoisotopic (exact) mass is 253 g/mol. The van der Waals surface area contributed by atoms with Gasteiger partial charge in [0.25, 0.3) is 0 Å². The summed E-state index contributed by atoms with van der Waals surface area (Å²) in [6.45, 7) is 1.27. The van der Waals surface area contributed by atoms with E-state index in [9.17, 15) is 0 Å². The van der Waals surface area contributed by atoms with Crippen LogP contribution >= 0.6 is 12.2 Å². The van der Waals surface area contributed by atoms with Crippen molar-refractivity contribution in [3.05, 3.63) is 17.8 Å². The Morgan fingerprint density at radius 3 is 3.18 bits per heavy atom. The lowest BCUT2D eigenvalue weighted by molar-refractivity contribution is -0.0121. The highest BCUT2D eigenvalue weighted by atomic mass is 32.1. The molecule has 0 amide bonds. The second-order valence-corrected chi connectivity index (χ2v) is 4.35. The molecule has 1 fully saturated rings. The Labute approximate surface area is 105 Å². The fraction of sp³-hybridized carbons (Fsp3) is 0.545. The van der Waals surface area contributed by atoms with Gasteiger partial charge in [0.05, 0.1) is 17.9 Å². The summed E-state index contributed by atoms with van der Waals surface area (Å²) in [5.41, 5.74) is 6.19. The first-order valence-corrected chi connectivity index (χ1v) is 6.04. The molecule has 1 aromatic heterocycles. The molecular weight excluding hydrogens is 238 g/mol. The summed E-state index contributed by atoms with van der Waals surface area (Å²) in [6, 6.07) is 1.70. The SMILES string of the molecule is NC(=S)c1ccnnc1OCC1CCCCO1. The lowest BCUT2D eigenvalue weighted by Gasteiger charge is -2.22. The summed E-state index contributed by atoms with van der Waals surface area (Å²) in [4.78, 5) is 0.263. The van der Waals surface area contributed by atoms with E-state index in [1.165, 1.54) is 6.42 Å². The van der Waals surface area contributed by atoms with Crippen molar-refractivity contribution in [1.82, 2.24) is 10.2 Å². The minimum atomic E-state index is 0.130. The molecule has 1 aliphatic rings. The molecule has 0 saturated carbocycles. The lowest BCUT2D eigenvalue weighted by Crippen LogP contribution is -2.26. The Bertz CT molecular complexity index is 394. The van der Waals surface area contributed by atoms with Gasteiger partial charge in [-0.2, -0.15) is 5.10 Å². The summed E-state index contributed by atoms with van der Waals surface area (Å²) < 4.78 is 11.1. The Morgan fingerprint density at radius 2 is 2.47 bits per heavy atom. The number of ether oxygens (including phenoxy) is 2. The van der Waals surface area contributed by atoms with Crippen molar-refractivity contribution < 1.29 is 9.47 Å². The molecule has 2 rings (SSSR count). The van der Waals surface area contributed by atoms with E-state index in [0.717, 1.165) is 19.4 Å². The molecule has 1 aliphatic heterocycles. The van der Waals surface area contributed by atoms with Crippen molar-refractivity contribution in [2.45, 2.75) is 25.4 Å². The van der Waals surface area contributed by atoms with Gasteiger partial charge in [0.2, 0.25) is 5.88 Å². The summed E-state index contributed by atoms with van der Waals surface area (Å²) in [5, 5.41) is 7.65. The topological polar surface area (TPSA) is 70.3 Å². The van der Waals surface area contributed by atoms with Crippen LogP contribution in [0.4, 0.5) is 0 Å². The second kappa shape index (κ2) is 5.88. The van der Waals surface area contributed by atoms with Gasteiger partial charge in [-0.05, 0) is 25.3 Å². The Morgan fingerprint density at radius 1 is 1.59 bits per heavy atom. The molecule has 1 saturated heterocycles. The van der Waals surface area contributed by atoms with E-state index in [1.54, 1.807) is 12.3 Å². The molecule has 0 spiro atoms. The third-order valence-electron chi connectivity index (χ3n) is 2.63. The molecular formula is C11H15N3O2S. The maximum atomic E-state index is 5.58. The minimum absolute atomic E-state index is 0.130. The van der Waals surface area contributed by atoms with E-state index in [4.69, 9.17) is 27.4 Å². The molecule has 1 unspecified atom stereocenters. The zero-order chi connectivity index (χ0) is 12.1. The summed E-state index contributed by atoms with van der Waals surface area (Å²) in [7, 11) is 0. The normalized spacial score (nSPS) is 19.9. The van der Waals surface area contributed by atoms with Crippen LogP contribution in [0, 0.1) is 0 Å². The van der Waals surface area contributed by atoms with Gasteiger partial charge in [-0.15, -0.1) is 5.10 Å². The van der Waals surface area contributed by atoms with Crippen LogP contribution in [0.15, 0.2) is 12.3 Å². The van der Waals surface area contributed by atoms with Gasteiger partial charge in [0.15, 0.2) is 0 Å². The summed E-state index contributed by atoms with van der Waals surface area (Å²) in [5.74, 6) is 0.383. The number of nitrogens with two attached hydrogens (primary N) is 1. The third kappa shape index (κ3) is 3.34. The molecule has 92 valence electrons. The van der Waals surface area contributed by atoms with Gasteiger partial charge < -0.3 is 15.2 Å². The molecule has 1 atom stereocenters. The van der Waals surface area contributed by atoms with Crippen molar-refractivity contribution in [1.29, 1.82) is 0 Å². The van der Waals surface area contributed by atoms with E-state index >= 15 is 0 Å². The van der Waals surface area contributed by atoms with Crippen LogP contribution in [-0.4, -0.2) is 34.5 Å². The predicted octanol–water partition coefficient (Wildman–Crippen LogP) is 1.06. The van der Waals surface area contributed by atoms with Crippen molar-refractivity contribution >= 4 is 17.2 Å². The Hall–Kier alpha value is -1.27. The Balaban J connectivity index is 1.96. The standard InChI is InChI=1S/C11H15N3O2S/c12-10(17)9-4-5-13-14-11(9)16-7-8-3-1-2-6-15-8/h4-5,8H,1-3,6-7H2,(H2,12,17). The smallest absolute Gasteiger partial charge is 0.243 e. The molecule has 5 nitrogen and oxygen atoms in total. The van der Waals surface area contributed by atoms with E-state index < -0.39 is 0 Å².